The van der Waals surface area contributed by atoms with Crippen LogP contribution >= 0.6 is 22.6 Å². The van der Waals surface area contributed by atoms with Crippen molar-refractivity contribution in [1.29, 1.82) is 0 Å². The first-order valence-corrected chi connectivity index (χ1v) is 5.78. The summed E-state index contributed by atoms with van der Waals surface area (Å²) in [6, 6.07) is 9.81. The first-order valence-electron chi connectivity index (χ1n) is 4.70. The fraction of sp³-hybridized carbons (Fsp3) is 0.182. The molecule has 0 aliphatic carbocycles. The standard InChI is InChI=1S/C11H11IN2O/c12-10-8-13-14(9-10)6-7-15-11-4-2-1-3-5-11/h1-5,8-9H,6-7H2. The van der Waals surface area contributed by atoms with Crippen LogP contribution < -0.4 is 4.74 Å². The summed E-state index contributed by atoms with van der Waals surface area (Å²) in [5.41, 5.74) is 0. The van der Waals surface area contributed by atoms with E-state index in [-0.39, 0.29) is 0 Å². The lowest BCUT2D eigenvalue weighted by Crippen LogP contribution is -2.08. The lowest BCUT2D eigenvalue weighted by Gasteiger charge is -2.05. The summed E-state index contributed by atoms with van der Waals surface area (Å²) in [5.74, 6) is 0.902. The van der Waals surface area contributed by atoms with E-state index >= 15 is 0 Å². The van der Waals surface area contributed by atoms with Crippen molar-refractivity contribution in [2.75, 3.05) is 6.61 Å². The first-order chi connectivity index (χ1) is 7.34. The third kappa shape index (κ3) is 3.23. The summed E-state index contributed by atoms with van der Waals surface area (Å²) in [6.07, 6.45) is 3.83. The number of nitrogens with zero attached hydrogens (tertiary/aromatic N) is 2. The van der Waals surface area contributed by atoms with Gasteiger partial charge in [-0.3, -0.25) is 4.68 Å². The molecule has 4 heteroatoms. The molecule has 1 heterocycles. The third-order valence-corrected chi connectivity index (χ3v) is 2.49. The van der Waals surface area contributed by atoms with Crippen molar-refractivity contribution < 1.29 is 4.74 Å². The van der Waals surface area contributed by atoms with Crippen LogP contribution in [0.1, 0.15) is 0 Å². The van der Waals surface area contributed by atoms with Gasteiger partial charge in [-0.25, -0.2) is 0 Å². The van der Waals surface area contributed by atoms with E-state index in [1.54, 1.807) is 0 Å². The Hall–Kier alpha value is -1.04. The Labute approximate surface area is 102 Å². The van der Waals surface area contributed by atoms with Gasteiger partial charge >= 0.3 is 0 Å². The fourth-order valence-corrected chi connectivity index (χ4v) is 1.68. The van der Waals surface area contributed by atoms with E-state index in [9.17, 15) is 0 Å². The van der Waals surface area contributed by atoms with Gasteiger partial charge in [-0.1, -0.05) is 18.2 Å². The van der Waals surface area contributed by atoms with Crippen molar-refractivity contribution >= 4 is 22.6 Å². The molecule has 0 radical (unpaired) electrons. The predicted octanol–water partition coefficient (Wildman–Crippen LogP) is 2.57. The minimum absolute atomic E-state index is 0.641. The number of para-hydroxylation sites is 1. The van der Waals surface area contributed by atoms with Crippen LogP contribution in [0, 0.1) is 3.57 Å². The summed E-state index contributed by atoms with van der Waals surface area (Å²) in [7, 11) is 0. The van der Waals surface area contributed by atoms with Gasteiger partial charge in [-0.2, -0.15) is 5.10 Å². The Morgan fingerprint density at radius 1 is 1.27 bits per heavy atom. The van der Waals surface area contributed by atoms with Gasteiger partial charge in [0.15, 0.2) is 0 Å². The minimum atomic E-state index is 0.641. The van der Waals surface area contributed by atoms with Crippen molar-refractivity contribution in [3.05, 3.63) is 46.3 Å². The molecule has 0 atom stereocenters. The highest BCUT2D eigenvalue weighted by atomic mass is 127. The Morgan fingerprint density at radius 2 is 2.07 bits per heavy atom. The van der Waals surface area contributed by atoms with Crippen molar-refractivity contribution in [1.82, 2.24) is 9.78 Å². The van der Waals surface area contributed by atoms with Crippen LogP contribution in [0.5, 0.6) is 5.75 Å². The van der Waals surface area contributed by atoms with E-state index in [1.807, 2.05) is 47.4 Å². The molecule has 0 N–H and O–H groups in total. The van der Waals surface area contributed by atoms with Crippen molar-refractivity contribution in [3.8, 4) is 5.75 Å². The topological polar surface area (TPSA) is 27.1 Å². The molecule has 2 rings (SSSR count). The van der Waals surface area contributed by atoms with Crippen LogP contribution in [0.3, 0.4) is 0 Å². The molecule has 0 saturated heterocycles. The Bertz CT molecular complexity index is 414. The summed E-state index contributed by atoms with van der Waals surface area (Å²) in [6.45, 7) is 1.42. The van der Waals surface area contributed by atoms with Crippen LogP contribution in [0.25, 0.3) is 0 Å². The predicted molar refractivity (Wildman–Crippen MR) is 66.9 cm³/mol. The van der Waals surface area contributed by atoms with E-state index in [0.29, 0.717) is 6.61 Å². The average molecular weight is 314 g/mol. The number of hydrogen-bond acceptors (Lipinski definition) is 2. The van der Waals surface area contributed by atoms with Gasteiger partial charge in [0.05, 0.1) is 16.3 Å². The molecule has 0 aliphatic heterocycles. The third-order valence-electron chi connectivity index (χ3n) is 1.93. The molecule has 0 spiro atoms. The number of hydrogen-bond donors (Lipinski definition) is 0. The number of halogens is 1. The molecule has 0 unspecified atom stereocenters. The van der Waals surface area contributed by atoms with E-state index in [0.717, 1.165) is 15.9 Å². The van der Waals surface area contributed by atoms with Crippen LogP contribution in [-0.4, -0.2) is 16.4 Å². The lowest BCUT2D eigenvalue weighted by molar-refractivity contribution is 0.291. The normalized spacial score (nSPS) is 10.2. The summed E-state index contributed by atoms with van der Waals surface area (Å²) < 4.78 is 8.58. The van der Waals surface area contributed by atoms with E-state index in [4.69, 9.17) is 4.74 Å². The average Bonchev–Trinajstić information content (AvgIpc) is 2.66. The highest BCUT2D eigenvalue weighted by Gasteiger charge is 1.95. The molecule has 3 nitrogen and oxygen atoms in total. The maximum Gasteiger partial charge on any atom is 0.119 e. The van der Waals surface area contributed by atoms with Crippen molar-refractivity contribution in [3.63, 3.8) is 0 Å². The monoisotopic (exact) mass is 314 g/mol. The first kappa shape index (κ1) is 10.5. The second kappa shape index (κ2) is 5.16. The molecule has 0 bridgehead atoms. The van der Waals surface area contributed by atoms with Gasteiger partial charge in [-0.15, -0.1) is 0 Å². The van der Waals surface area contributed by atoms with Gasteiger partial charge in [-0.05, 0) is 34.7 Å². The van der Waals surface area contributed by atoms with Gasteiger partial charge in [0.1, 0.15) is 12.4 Å². The molecule has 78 valence electrons. The number of aromatic nitrogens is 2. The molecule has 0 fully saturated rings. The van der Waals surface area contributed by atoms with Crippen LogP contribution in [-0.2, 0) is 6.54 Å². The maximum atomic E-state index is 5.56. The SMILES string of the molecule is Ic1cnn(CCOc2ccccc2)c1. The molecular weight excluding hydrogens is 303 g/mol. The minimum Gasteiger partial charge on any atom is -0.492 e. The van der Waals surface area contributed by atoms with Gasteiger partial charge in [0.25, 0.3) is 0 Å². The zero-order valence-electron chi connectivity index (χ0n) is 8.14. The molecule has 1 aromatic heterocycles. The molecule has 0 amide bonds. The molecule has 1 aromatic carbocycles. The molecule has 2 aromatic rings. The highest BCUT2D eigenvalue weighted by Crippen LogP contribution is 2.08. The Balaban J connectivity index is 1.80. The van der Waals surface area contributed by atoms with E-state index in [1.165, 1.54) is 0 Å². The summed E-state index contributed by atoms with van der Waals surface area (Å²) in [4.78, 5) is 0. The van der Waals surface area contributed by atoms with Gasteiger partial charge < -0.3 is 4.74 Å². The second-order valence-corrected chi connectivity index (χ2v) is 4.33. The lowest BCUT2D eigenvalue weighted by atomic mass is 10.3. The smallest absolute Gasteiger partial charge is 0.119 e. The molecular formula is C11H11IN2O. The zero-order chi connectivity index (χ0) is 10.5. The maximum absolute atomic E-state index is 5.56. The van der Waals surface area contributed by atoms with E-state index in [2.05, 4.69) is 27.7 Å². The van der Waals surface area contributed by atoms with Crippen molar-refractivity contribution in [2.24, 2.45) is 0 Å². The second-order valence-electron chi connectivity index (χ2n) is 3.08. The number of rotatable bonds is 4. The largest absolute Gasteiger partial charge is 0.492 e. The van der Waals surface area contributed by atoms with Crippen molar-refractivity contribution in [2.45, 2.75) is 6.54 Å². The summed E-state index contributed by atoms with van der Waals surface area (Å²) >= 11 is 2.24. The number of ether oxygens (including phenoxy) is 1. The Morgan fingerprint density at radius 3 is 2.73 bits per heavy atom. The molecule has 15 heavy (non-hydrogen) atoms. The van der Waals surface area contributed by atoms with Crippen LogP contribution in [0.4, 0.5) is 0 Å². The Kier molecular flexibility index (Phi) is 3.60. The van der Waals surface area contributed by atoms with E-state index < -0.39 is 0 Å². The van der Waals surface area contributed by atoms with Gasteiger partial charge in [0, 0.05) is 6.20 Å². The quantitative estimate of drug-likeness (QED) is 0.811. The summed E-state index contributed by atoms with van der Waals surface area (Å²) in [5, 5.41) is 4.18. The zero-order valence-corrected chi connectivity index (χ0v) is 10.3. The molecule has 0 saturated carbocycles. The fourth-order valence-electron chi connectivity index (χ4n) is 1.23. The van der Waals surface area contributed by atoms with Crippen LogP contribution in [0.2, 0.25) is 0 Å². The van der Waals surface area contributed by atoms with Gasteiger partial charge in [0.2, 0.25) is 0 Å². The van der Waals surface area contributed by atoms with Crippen LogP contribution in [0.15, 0.2) is 42.7 Å². The molecule has 0 aliphatic rings. The highest BCUT2D eigenvalue weighted by molar-refractivity contribution is 14.1. The number of benzene rings is 1.